The molecule has 0 atom stereocenters. The van der Waals surface area contributed by atoms with Crippen molar-refractivity contribution in [1.82, 2.24) is 15.5 Å². The van der Waals surface area contributed by atoms with Crippen LogP contribution in [0.2, 0.25) is 0 Å². The van der Waals surface area contributed by atoms with E-state index in [4.69, 9.17) is 4.52 Å². The third-order valence-electron chi connectivity index (χ3n) is 2.34. The van der Waals surface area contributed by atoms with Gasteiger partial charge in [0.25, 0.3) is 0 Å². The van der Waals surface area contributed by atoms with Crippen molar-refractivity contribution in [3.8, 4) is 10.4 Å². The van der Waals surface area contributed by atoms with E-state index in [-0.39, 0.29) is 5.54 Å². The van der Waals surface area contributed by atoms with Gasteiger partial charge in [-0.2, -0.15) is 0 Å². The first-order chi connectivity index (χ1) is 7.96. The van der Waals surface area contributed by atoms with Crippen LogP contribution in [0.25, 0.3) is 10.4 Å². The molecule has 5 heteroatoms. The van der Waals surface area contributed by atoms with Crippen molar-refractivity contribution in [2.24, 2.45) is 0 Å². The topological polar surface area (TPSA) is 51.0 Å². The van der Waals surface area contributed by atoms with Crippen LogP contribution in [0, 0.1) is 6.92 Å². The Kier molecular flexibility index (Phi) is 3.31. The van der Waals surface area contributed by atoms with Crippen molar-refractivity contribution in [1.29, 1.82) is 0 Å². The maximum absolute atomic E-state index is 5.06. The van der Waals surface area contributed by atoms with Gasteiger partial charge in [-0.05, 0) is 27.7 Å². The summed E-state index contributed by atoms with van der Waals surface area (Å²) >= 11 is 1.67. The number of aryl methyl sites for hydroxylation is 1. The molecule has 2 heterocycles. The van der Waals surface area contributed by atoms with Gasteiger partial charge in [-0.25, -0.2) is 4.98 Å². The Labute approximate surface area is 105 Å². The average molecular weight is 251 g/mol. The van der Waals surface area contributed by atoms with E-state index in [1.54, 1.807) is 17.5 Å². The molecule has 4 nitrogen and oxygen atoms in total. The molecule has 0 aromatic carbocycles. The quantitative estimate of drug-likeness (QED) is 0.911. The summed E-state index contributed by atoms with van der Waals surface area (Å²) in [5.41, 5.74) is 1.14. The number of hydrogen-bond donors (Lipinski definition) is 1. The summed E-state index contributed by atoms with van der Waals surface area (Å²) in [6, 6.07) is 0. The fraction of sp³-hybridized carbons (Fsp3) is 0.500. The van der Waals surface area contributed by atoms with Crippen LogP contribution in [-0.2, 0) is 6.54 Å². The van der Waals surface area contributed by atoms with Crippen LogP contribution >= 0.6 is 11.3 Å². The maximum atomic E-state index is 5.06. The number of aromatic nitrogens is 2. The molecule has 92 valence electrons. The molecular weight excluding hydrogens is 234 g/mol. The molecule has 0 saturated heterocycles. The Morgan fingerprint density at radius 1 is 1.35 bits per heavy atom. The van der Waals surface area contributed by atoms with E-state index >= 15 is 0 Å². The fourth-order valence-corrected chi connectivity index (χ4v) is 2.31. The van der Waals surface area contributed by atoms with Crippen LogP contribution in [0.15, 0.2) is 16.9 Å². The molecule has 0 fully saturated rings. The molecule has 1 N–H and O–H groups in total. The van der Waals surface area contributed by atoms with E-state index in [0.717, 1.165) is 27.8 Å². The smallest absolute Gasteiger partial charge is 0.142 e. The predicted molar refractivity (Wildman–Crippen MR) is 68.9 cm³/mol. The minimum Gasteiger partial charge on any atom is -0.361 e. The average Bonchev–Trinajstić information content (AvgIpc) is 2.81. The van der Waals surface area contributed by atoms with Gasteiger partial charge < -0.3 is 9.84 Å². The van der Waals surface area contributed by atoms with E-state index in [9.17, 15) is 0 Å². The minimum absolute atomic E-state index is 0.110. The van der Waals surface area contributed by atoms with E-state index in [2.05, 4.69) is 36.2 Å². The summed E-state index contributed by atoms with van der Waals surface area (Å²) in [5, 5.41) is 8.28. The van der Waals surface area contributed by atoms with Gasteiger partial charge >= 0.3 is 0 Å². The number of nitrogens with zero attached hydrogens (tertiary/aromatic N) is 2. The molecule has 0 aliphatic heterocycles. The van der Waals surface area contributed by atoms with Crippen LogP contribution in [-0.4, -0.2) is 15.7 Å². The lowest BCUT2D eigenvalue weighted by molar-refractivity contribution is 0.398. The molecule has 2 rings (SSSR count). The number of nitrogens with one attached hydrogen (secondary N) is 1. The van der Waals surface area contributed by atoms with Gasteiger partial charge in [-0.15, -0.1) is 11.3 Å². The van der Waals surface area contributed by atoms with Gasteiger partial charge in [0.15, 0.2) is 0 Å². The minimum atomic E-state index is 0.110. The lowest BCUT2D eigenvalue weighted by atomic mass is 10.1. The number of thiazole rings is 1. The van der Waals surface area contributed by atoms with Crippen LogP contribution in [0.4, 0.5) is 0 Å². The summed E-state index contributed by atoms with van der Waals surface area (Å²) in [6.45, 7) is 9.14. The van der Waals surface area contributed by atoms with Crippen LogP contribution < -0.4 is 5.32 Å². The first kappa shape index (κ1) is 12.3. The lowest BCUT2D eigenvalue weighted by Crippen LogP contribution is -2.34. The third-order valence-corrected chi connectivity index (χ3v) is 3.37. The van der Waals surface area contributed by atoms with Crippen LogP contribution in [0.1, 0.15) is 31.5 Å². The molecule has 0 aliphatic rings. The second-order valence-electron chi connectivity index (χ2n) is 5.02. The van der Waals surface area contributed by atoms with E-state index in [1.165, 1.54) is 0 Å². The normalized spacial score (nSPS) is 12.0. The van der Waals surface area contributed by atoms with Crippen molar-refractivity contribution in [2.75, 3.05) is 0 Å². The Hall–Kier alpha value is -1.20. The Morgan fingerprint density at radius 3 is 2.71 bits per heavy atom. The zero-order chi connectivity index (χ0) is 12.5. The van der Waals surface area contributed by atoms with Crippen molar-refractivity contribution in [3.05, 3.63) is 23.2 Å². The predicted octanol–water partition coefficient (Wildman–Crippen LogP) is 2.99. The van der Waals surface area contributed by atoms with Gasteiger partial charge in [-0.1, -0.05) is 5.16 Å². The maximum Gasteiger partial charge on any atom is 0.142 e. The molecule has 0 aliphatic carbocycles. The Morgan fingerprint density at radius 2 is 2.12 bits per heavy atom. The first-order valence-electron chi connectivity index (χ1n) is 5.57. The van der Waals surface area contributed by atoms with Gasteiger partial charge in [0.1, 0.15) is 10.8 Å². The summed E-state index contributed by atoms with van der Waals surface area (Å²) in [6.07, 6.45) is 3.62. The molecule has 2 aromatic heterocycles. The molecule has 0 saturated carbocycles. The monoisotopic (exact) mass is 251 g/mol. The summed E-state index contributed by atoms with van der Waals surface area (Å²) in [4.78, 5) is 5.51. The van der Waals surface area contributed by atoms with Crippen LogP contribution in [0.3, 0.4) is 0 Å². The number of hydrogen-bond acceptors (Lipinski definition) is 5. The van der Waals surface area contributed by atoms with Crippen molar-refractivity contribution < 1.29 is 4.52 Å². The molecule has 0 amide bonds. The standard InChI is InChI=1S/C12H17N3OS/c1-8-9(5-15-16-8)10-6-13-11(17-10)7-14-12(2,3)4/h5-6,14H,7H2,1-4H3. The molecule has 17 heavy (non-hydrogen) atoms. The molecule has 2 aromatic rings. The van der Waals surface area contributed by atoms with E-state index in [1.807, 2.05) is 13.1 Å². The molecule has 0 bridgehead atoms. The van der Waals surface area contributed by atoms with Crippen molar-refractivity contribution >= 4 is 11.3 Å². The zero-order valence-corrected chi connectivity index (χ0v) is 11.4. The fourth-order valence-electron chi connectivity index (χ4n) is 1.39. The summed E-state index contributed by atoms with van der Waals surface area (Å²) < 4.78 is 5.06. The highest BCUT2D eigenvalue weighted by Gasteiger charge is 2.12. The van der Waals surface area contributed by atoms with Gasteiger partial charge in [-0.3, -0.25) is 0 Å². The summed E-state index contributed by atoms with van der Waals surface area (Å²) in [7, 11) is 0. The Bertz CT molecular complexity index is 496. The molecule has 0 spiro atoms. The second kappa shape index (κ2) is 4.58. The SMILES string of the molecule is Cc1oncc1-c1cnc(CNC(C)(C)C)s1. The largest absolute Gasteiger partial charge is 0.361 e. The highest BCUT2D eigenvalue weighted by molar-refractivity contribution is 7.15. The zero-order valence-electron chi connectivity index (χ0n) is 10.6. The summed E-state index contributed by atoms with van der Waals surface area (Å²) in [5.74, 6) is 0.837. The van der Waals surface area contributed by atoms with Gasteiger partial charge in [0, 0.05) is 18.3 Å². The van der Waals surface area contributed by atoms with Crippen molar-refractivity contribution in [2.45, 2.75) is 39.8 Å². The van der Waals surface area contributed by atoms with E-state index < -0.39 is 0 Å². The number of rotatable bonds is 3. The third kappa shape index (κ3) is 3.14. The second-order valence-corrected chi connectivity index (χ2v) is 6.13. The van der Waals surface area contributed by atoms with Gasteiger partial charge in [0.05, 0.1) is 16.6 Å². The highest BCUT2D eigenvalue weighted by atomic mass is 32.1. The first-order valence-corrected chi connectivity index (χ1v) is 6.39. The van der Waals surface area contributed by atoms with E-state index in [0.29, 0.717) is 0 Å². The van der Waals surface area contributed by atoms with Gasteiger partial charge in [0.2, 0.25) is 0 Å². The molecule has 0 radical (unpaired) electrons. The molecular formula is C12H17N3OS. The lowest BCUT2D eigenvalue weighted by Gasteiger charge is -2.19. The van der Waals surface area contributed by atoms with Crippen molar-refractivity contribution in [3.63, 3.8) is 0 Å². The van der Waals surface area contributed by atoms with Crippen LogP contribution in [0.5, 0.6) is 0 Å². The highest BCUT2D eigenvalue weighted by Crippen LogP contribution is 2.28. The molecule has 0 unspecified atom stereocenters. The Balaban J connectivity index is 2.09.